The average molecular weight is 335 g/mol. The molecule has 2 N–H and O–H groups in total. The van der Waals surface area contributed by atoms with E-state index in [1.807, 2.05) is 6.07 Å². The first kappa shape index (κ1) is 18.1. The number of carboxylic acid groups (broad SMARTS) is 1. The topological polar surface area (TPSA) is 84.9 Å². The fourth-order valence-electron chi connectivity index (χ4n) is 2.36. The van der Waals surface area contributed by atoms with Crippen LogP contribution in [0.5, 0.6) is 5.75 Å². The van der Waals surface area contributed by atoms with Crippen molar-refractivity contribution in [2.75, 3.05) is 0 Å². The molecule has 24 heavy (non-hydrogen) atoms. The van der Waals surface area contributed by atoms with Crippen molar-refractivity contribution in [2.45, 2.75) is 64.2 Å². The van der Waals surface area contributed by atoms with Gasteiger partial charge in [0, 0.05) is 0 Å². The molecule has 1 aliphatic rings. The Morgan fingerprint density at radius 2 is 2.04 bits per heavy atom. The van der Waals surface area contributed by atoms with Gasteiger partial charge in [-0.2, -0.15) is 0 Å². The number of carbonyl (C=O) groups excluding carboxylic acids is 1. The smallest absolute Gasteiger partial charge is 0.408 e. The summed E-state index contributed by atoms with van der Waals surface area (Å²) in [5.74, 6) is -0.306. The highest BCUT2D eigenvalue weighted by atomic mass is 16.6. The number of ether oxygens (including phenoxy) is 2. The summed E-state index contributed by atoms with van der Waals surface area (Å²) in [7, 11) is 0. The number of hydrogen-bond acceptors (Lipinski definition) is 4. The van der Waals surface area contributed by atoms with Gasteiger partial charge in [0.2, 0.25) is 0 Å². The molecule has 1 fully saturated rings. The highest BCUT2D eigenvalue weighted by Gasteiger charge is 2.24. The number of carbonyl (C=O) groups is 2. The molecule has 1 amide bonds. The Bertz CT molecular complexity index is 589. The van der Waals surface area contributed by atoms with Crippen molar-refractivity contribution in [3.05, 3.63) is 29.8 Å². The average Bonchev–Trinajstić information content (AvgIpc) is 2.40. The largest absolute Gasteiger partial charge is 0.490 e. The van der Waals surface area contributed by atoms with Crippen LogP contribution < -0.4 is 10.1 Å². The van der Waals surface area contributed by atoms with E-state index >= 15 is 0 Å². The lowest BCUT2D eigenvalue weighted by molar-refractivity contribution is -0.137. The molecule has 0 bridgehead atoms. The quantitative estimate of drug-likeness (QED) is 0.829. The van der Waals surface area contributed by atoms with Gasteiger partial charge in [0.1, 0.15) is 11.4 Å². The molecule has 0 spiro atoms. The van der Waals surface area contributed by atoms with E-state index in [0.29, 0.717) is 11.3 Å². The second kappa shape index (κ2) is 7.55. The number of nitrogens with one attached hydrogen (secondary N) is 1. The van der Waals surface area contributed by atoms with Crippen molar-refractivity contribution in [1.82, 2.24) is 5.32 Å². The molecule has 1 aromatic carbocycles. The van der Waals surface area contributed by atoms with E-state index in [1.165, 1.54) is 6.42 Å². The van der Waals surface area contributed by atoms with E-state index in [9.17, 15) is 9.59 Å². The van der Waals surface area contributed by atoms with Crippen LogP contribution in [0.15, 0.2) is 24.3 Å². The van der Waals surface area contributed by atoms with Crippen molar-refractivity contribution in [3.8, 4) is 5.75 Å². The zero-order valence-electron chi connectivity index (χ0n) is 14.4. The Hall–Kier alpha value is -2.24. The van der Waals surface area contributed by atoms with Crippen LogP contribution in [-0.2, 0) is 9.53 Å². The van der Waals surface area contributed by atoms with E-state index in [0.717, 1.165) is 12.8 Å². The fourth-order valence-corrected chi connectivity index (χ4v) is 2.36. The molecule has 6 nitrogen and oxygen atoms in total. The predicted octanol–water partition coefficient (Wildman–Crippen LogP) is 3.66. The number of hydrogen-bond donors (Lipinski definition) is 2. The Kier molecular flexibility index (Phi) is 5.70. The number of rotatable bonds is 6. The molecule has 0 aliphatic heterocycles. The van der Waals surface area contributed by atoms with Gasteiger partial charge >= 0.3 is 12.1 Å². The summed E-state index contributed by atoms with van der Waals surface area (Å²) < 4.78 is 11.1. The minimum atomic E-state index is -0.999. The van der Waals surface area contributed by atoms with Crippen LogP contribution in [-0.4, -0.2) is 28.9 Å². The summed E-state index contributed by atoms with van der Waals surface area (Å²) >= 11 is 0. The van der Waals surface area contributed by atoms with Crippen LogP contribution in [0.4, 0.5) is 4.79 Å². The summed E-state index contributed by atoms with van der Waals surface area (Å²) in [4.78, 5) is 23.1. The third-order valence-electron chi connectivity index (χ3n) is 3.69. The highest BCUT2D eigenvalue weighted by molar-refractivity contribution is 5.72. The minimum Gasteiger partial charge on any atom is -0.490 e. The fraction of sp³-hybridized carbons (Fsp3) is 0.556. The van der Waals surface area contributed by atoms with E-state index < -0.39 is 23.7 Å². The first-order valence-corrected chi connectivity index (χ1v) is 8.21. The maximum absolute atomic E-state index is 12.0. The summed E-state index contributed by atoms with van der Waals surface area (Å²) in [6.45, 7) is 5.27. The number of amides is 1. The molecular formula is C18H25NO5. The summed E-state index contributed by atoms with van der Waals surface area (Å²) in [6.07, 6.45) is 2.62. The van der Waals surface area contributed by atoms with Crippen molar-refractivity contribution in [1.29, 1.82) is 0 Å². The van der Waals surface area contributed by atoms with Crippen LogP contribution in [0, 0.1) is 0 Å². The van der Waals surface area contributed by atoms with Crippen LogP contribution in [0.25, 0.3) is 0 Å². The molecule has 1 saturated carbocycles. The summed E-state index contributed by atoms with van der Waals surface area (Å²) in [5, 5.41) is 11.8. The second-order valence-electron chi connectivity index (χ2n) is 7.04. The van der Waals surface area contributed by atoms with Crippen molar-refractivity contribution in [2.24, 2.45) is 0 Å². The lowest BCUT2D eigenvalue weighted by atomic mass is 9.96. The Labute approximate surface area is 142 Å². The van der Waals surface area contributed by atoms with Gasteiger partial charge in [-0.25, -0.2) is 4.79 Å². The maximum Gasteiger partial charge on any atom is 0.408 e. The number of carboxylic acids is 1. The van der Waals surface area contributed by atoms with Gasteiger partial charge in [-0.05, 0) is 57.7 Å². The first-order valence-electron chi connectivity index (χ1n) is 8.21. The normalized spacial score (nSPS) is 16.0. The number of benzene rings is 1. The SMILES string of the molecule is CC(C)(C)OC(=O)NC(CC(=O)O)c1cccc(OC2CCC2)c1. The molecule has 0 radical (unpaired) electrons. The lowest BCUT2D eigenvalue weighted by Gasteiger charge is -2.27. The van der Waals surface area contributed by atoms with E-state index in [4.69, 9.17) is 14.6 Å². The second-order valence-corrected chi connectivity index (χ2v) is 7.04. The van der Waals surface area contributed by atoms with Gasteiger partial charge in [-0.15, -0.1) is 0 Å². The molecule has 1 unspecified atom stereocenters. The molecule has 132 valence electrons. The molecule has 1 aliphatic carbocycles. The van der Waals surface area contributed by atoms with Gasteiger partial charge in [-0.1, -0.05) is 12.1 Å². The molecule has 0 heterocycles. The number of aliphatic carboxylic acids is 1. The first-order chi connectivity index (χ1) is 11.2. The predicted molar refractivity (Wildman–Crippen MR) is 89.1 cm³/mol. The zero-order chi connectivity index (χ0) is 17.7. The molecule has 0 saturated heterocycles. The highest BCUT2D eigenvalue weighted by Crippen LogP contribution is 2.28. The van der Waals surface area contributed by atoms with E-state index in [-0.39, 0.29) is 12.5 Å². The monoisotopic (exact) mass is 335 g/mol. The minimum absolute atomic E-state index is 0.230. The molecule has 6 heteroatoms. The van der Waals surface area contributed by atoms with Crippen LogP contribution in [0.1, 0.15) is 58.1 Å². The maximum atomic E-state index is 12.0. The standard InChI is InChI=1S/C18H25NO5/c1-18(2,3)24-17(22)19-15(11-16(20)21)12-6-4-9-14(10-12)23-13-7-5-8-13/h4,6,9-10,13,15H,5,7-8,11H2,1-3H3,(H,19,22)(H,20,21). The molecule has 1 atom stereocenters. The third-order valence-corrected chi connectivity index (χ3v) is 3.69. The van der Waals surface area contributed by atoms with Crippen LogP contribution in [0.3, 0.4) is 0 Å². The Morgan fingerprint density at radius 3 is 2.58 bits per heavy atom. The van der Waals surface area contributed by atoms with E-state index in [2.05, 4.69) is 5.32 Å². The Balaban J connectivity index is 2.09. The van der Waals surface area contributed by atoms with Crippen LogP contribution >= 0.6 is 0 Å². The molecule has 1 aromatic rings. The van der Waals surface area contributed by atoms with Gasteiger partial charge in [0.25, 0.3) is 0 Å². The molecule has 0 aromatic heterocycles. The zero-order valence-corrected chi connectivity index (χ0v) is 14.4. The summed E-state index contributed by atoms with van der Waals surface area (Å²) in [6, 6.07) is 6.52. The number of alkyl carbamates (subject to hydrolysis) is 1. The lowest BCUT2D eigenvalue weighted by Crippen LogP contribution is -2.35. The summed E-state index contributed by atoms with van der Waals surface area (Å²) in [5.41, 5.74) is 0.0348. The molecular weight excluding hydrogens is 310 g/mol. The van der Waals surface area contributed by atoms with Gasteiger partial charge in [-0.3, -0.25) is 4.79 Å². The van der Waals surface area contributed by atoms with Gasteiger partial charge < -0.3 is 19.9 Å². The van der Waals surface area contributed by atoms with Crippen LogP contribution in [0.2, 0.25) is 0 Å². The molecule has 2 rings (SSSR count). The Morgan fingerprint density at radius 1 is 1.33 bits per heavy atom. The van der Waals surface area contributed by atoms with Crippen molar-refractivity contribution in [3.63, 3.8) is 0 Å². The van der Waals surface area contributed by atoms with Crippen molar-refractivity contribution >= 4 is 12.1 Å². The van der Waals surface area contributed by atoms with Gasteiger partial charge in [0.15, 0.2) is 0 Å². The third kappa shape index (κ3) is 5.76. The van der Waals surface area contributed by atoms with E-state index in [1.54, 1.807) is 39.0 Å². The van der Waals surface area contributed by atoms with Crippen molar-refractivity contribution < 1.29 is 24.2 Å². The van der Waals surface area contributed by atoms with Gasteiger partial charge in [0.05, 0.1) is 18.6 Å².